The van der Waals surface area contributed by atoms with E-state index in [4.69, 9.17) is 0 Å². The van der Waals surface area contributed by atoms with Gasteiger partial charge in [0.2, 0.25) is 0 Å². The second-order valence-electron chi connectivity index (χ2n) is 32.7. The van der Waals surface area contributed by atoms with Crippen LogP contribution in [0.2, 0.25) is 0 Å². The first-order chi connectivity index (χ1) is 45.5. The maximum absolute atomic E-state index is 4.20. The summed E-state index contributed by atoms with van der Waals surface area (Å²) >= 11 is 0. The Kier molecular flexibility index (Phi) is 49.8. The van der Waals surface area contributed by atoms with Gasteiger partial charge in [0.05, 0.1) is 46.6 Å². The van der Waals surface area contributed by atoms with E-state index >= 15 is 0 Å². The van der Waals surface area contributed by atoms with E-state index in [0.29, 0.717) is 17.8 Å². The van der Waals surface area contributed by atoms with Crippen LogP contribution in [0.3, 0.4) is 0 Å². The van der Waals surface area contributed by atoms with E-state index < -0.39 is 0 Å². The summed E-state index contributed by atoms with van der Waals surface area (Å²) in [7, 11) is 0. The predicted octanol–water partition coefficient (Wildman–Crippen LogP) is 19.8. The van der Waals surface area contributed by atoms with Crippen molar-refractivity contribution in [1.82, 2.24) is 90.0 Å². The lowest BCUT2D eigenvalue weighted by Crippen LogP contribution is -2.08. The van der Waals surface area contributed by atoms with Crippen LogP contribution in [0.1, 0.15) is 316 Å². The molecule has 0 bridgehead atoms. The Bertz CT molecular complexity index is 2640. The Morgan fingerprint density at radius 2 is 0.583 bits per heavy atom. The van der Waals surface area contributed by atoms with Crippen LogP contribution in [-0.2, 0) is 77.8 Å². The monoisotopic (exact) mass is 1340 g/mol. The second kappa shape index (κ2) is 53.8. The molecule has 0 radical (unpaired) electrons. The van der Waals surface area contributed by atoms with Crippen molar-refractivity contribution < 1.29 is 0 Å². The van der Waals surface area contributed by atoms with E-state index in [2.05, 4.69) is 262 Å². The first-order valence-electron chi connectivity index (χ1n) is 38.8. The van der Waals surface area contributed by atoms with E-state index in [1.807, 2.05) is 31.1 Å². The molecule has 0 unspecified atom stereocenters. The molecule has 0 spiro atoms. The van der Waals surface area contributed by atoms with Gasteiger partial charge in [-0.05, 0) is 174 Å². The van der Waals surface area contributed by atoms with Crippen LogP contribution in [0.5, 0.6) is 0 Å². The first-order valence-corrected chi connectivity index (χ1v) is 38.8. The molecule has 0 aliphatic heterocycles. The van der Waals surface area contributed by atoms with Gasteiger partial charge in [0.15, 0.2) is 0 Å². The van der Waals surface area contributed by atoms with Gasteiger partial charge < -0.3 is 0 Å². The Hall–Kier alpha value is -5.16. The second-order valence-corrected chi connectivity index (χ2v) is 32.7. The van der Waals surface area contributed by atoms with Crippen LogP contribution in [0, 0.1) is 71.0 Å². The molecule has 18 nitrogen and oxygen atoms in total. The number of rotatable bonds is 42. The Labute approximate surface area is 589 Å². The highest BCUT2D eigenvalue weighted by Crippen LogP contribution is 2.16. The van der Waals surface area contributed by atoms with Gasteiger partial charge in [-0.25, -0.2) is 9.36 Å². The molecule has 18 heteroatoms. The molecule has 6 aromatic heterocycles. The topological polar surface area (TPSA) is 184 Å². The van der Waals surface area contributed by atoms with Gasteiger partial charge in [-0.1, -0.05) is 249 Å². The van der Waals surface area contributed by atoms with Crippen molar-refractivity contribution in [1.29, 1.82) is 0 Å². The smallest absolute Gasteiger partial charge is 0.0829 e. The van der Waals surface area contributed by atoms with Crippen LogP contribution in [0.25, 0.3) is 0 Å². The van der Waals surface area contributed by atoms with Crippen molar-refractivity contribution in [3.05, 3.63) is 71.3 Å². The van der Waals surface area contributed by atoms with Crippen molar-refractivity contribution in [3.8, 4) is 0 Å². The van der Waals surface area contributed by atoms with Gasteiger partial charge in [-0.15, -0.1) is 30.6 Å². The molecule has 0 aromatic carbocycles. The number of hydrogen-bond donors (Lipinski definition) is 0. The number of nitrogens with zero attached hydrogens (tertiary/aromatic N) is 18. The summed E-state index contributed by atoms with van der Waals surface area (Å²) in [6, 6.07) is 0. The molecule has 0 atom stereocenters. The van der Waals surface area contributed by atoms with Crippen LogP contribution in [0.15, 0.2) is 37.2 Å². The number of aromatic nitrogens is 18. The lowest BCUT2D eigenvalue weighted by Gasteiger charge is -2.08. The van der Waals surface area contributed by atoms with E-state index in [9.17, 15) is 0 Å². The highest BCUT2D eigenvalue weighted by molar-refractivity contribution is 4.97. The SMILES string of the molecule is CC(C)CCCCn1cc(CC(C)C)nn1.CC(C)CCCCn1nncc1CC(C)C.CC(C)CCCCn1nncc1CCCC(C)C.CC(C)CCCc1cn(CC(C)C)nn1.CC(C)CCCn1cc(CCC(C)C)nn1.CC(C)CCc1cn(CCC(C)C)nn1. The molecular weight excluding hydrogens is 1190 g/mol. The van der Waals surface area contributed by atoms with Gasteiger partial charge in [-0.2, -0.15) is 0 Å². The van der Waals surface area contributed by atoms with E-state index in [-0.39, 0.29) is 0 Å². The van der Waals surface area contributed by atoms with Gasteiger partial charge in [-0.3, -0.25) is 18.7 Å². The van der Waals surface area contributed by atoms with Crippen molar-refractivity contribution in [3.63, 3.8) is 0 Å². The van der Waals surface area contributed by atoms with Crippen molar-refractivity contribution in [2.24, 2.45) is 71.0 Å². The van der Waals surface area contributed by atoms with Crippen LogP contribution < -0.4 is 0 Å². The molecule has 0 N–H and O–H groups in total. The molecule has 0 saturated heterocycles. The average molecular weight is 1340 g/mol. The summed E-state index contributed by atoms with van der Waals surface area (Å²) < 4.78 is 12.1. The third-order valence-electron chi connectivity index (χ3n) is 16.2. The van der Waals surface area contributed by atoms with Crippen molar-refractivity contribution in [2.45, 2.75) is 360 Å². The Balaban J connectivity index is 0.000000577. The van der Waals surface area contributed by atoms with Gasteiger partial charge in [0.25, 0.3) is 0 Å². The summed E-state index contributed by atoms with van der Waals surface area (Å²) in [5.41, 5.74) is 7.11. The number of hydrogen-bond acceptors (Lipinski definition) is 12. The fraction of sp³-hybridized carbons (Fsp3) is 0.846. The molecule has 552 valence electrons. The molecule has 0 aliphatic carbocycles. The minimum atomic E-state index is 0.634. The lowest BCUT2D eigenvalue weighted by molar-refractivity contribution is 0.469. The summed E-state index contributed by atoms with van der Waals surface area (Å²) in [6.45, 7) is 60.0. The van der Waals surface area contributed by atoms with Gasteiger partial charge >= 0.3 is 0 Å². The molecule has 0 aliphatic rings. The maximum atomic E-state index is 4.20. The highest BCUT2D eigenvalue weighted by atomic mass is 15.4. The zero-order valence-corrected chi connectivity index (χ0v) is 66.7. The van der Waals surface area contributed by atoms with Crippen molar-refractivity contribution >= 4 is 0 Å². The Morgan fingerprint density at radius 3 is 1.02 bits per heavy atom. The van der Waals surface area contributed by atoms with Crippen LogP contribution in [0.4, 0.5) is 0 Å². The summed E-state index contributed by atoms with van der Waals surface area (Å²) in [5, 5.41) is 49.7. The molecule has 6 aromatic rings. The van der Waals surface area contributed by atoms with E-state index in [0.717, 1.165) is 154 Å². The lowest BCUT2D eigenvalue weighted by atomic mass is 10.1. The fourth-order valence-electron chi connectivity index (χ4n) is 10.5. The molecule has 0 fully saturated rings. The van der Waals surface area contributed by atoms with Crippen LogP contribution >= 0.6 is 0 Å². The molecule has 6 heterocycles. The minimum Gasteiger partial charge on any atom is -0.252 e. The Morgan fingerprint density at radius 1 is 0.250 bits per heavy atom. The normalized spacial score (nSPS) is 11.6. The predicted molar refractivity (Wildman–Crippen MR) is 404 cm³/mol. The van der Waals surface area contributed by atoms with Crippen LogP contribution in [-0.4, -0.2) is 90.0 Å². The van der Waals surface area contributed by atoms with E-state index in [1.165, 1.54) is 127 Å². The third-order valence-corrected chi connectivity index (χ3v) is 16.2. The molecule has 0 saturated carbocycles. The molecular formula is C78H150N18. The zero-order valence-electron chi connectivity index (χ0n) is 66.7. The zero-order chi connectivity index (χ0) is 71.8. The fourth-order valence-corrected chi connectivity index (χ4v) is 10.5. The number of aryl methyl sites for hydroxylation is 9. The molecule has 6 rings (SSSR count). The number of unbranched alkanes of at least 4 members (excludes halogenated alkanes) is 3. The van der Waals surface area contributed by atoms with E-state index in [1.54, 1.807) is 0 Å². The molecule has 0 amide bonds. The van der Waals surface area contributed by atoms with Gasteiger partial charge in [0.1, 0.15) is 0 Å². The quantitative estimate of drug-likeness (QED) is 0.0331. The largest absolute Gasteiger partial charge is 0.252 e. The highest BCUT2D eigenvalue weighted by Gasteiger charge is 2.11. The van der Waals surface area contributed by atoms with Crippen molar-refractivity contribution in [2.75, 3.05) is 0 Å². The summed E-state index contributed by atoms with van der Waals surface area (Å²) in [4.78, 5) is 0. The summed E-state index contributed by atoms with van der Waals surface area (Å²) in [6.07, 6.45) is 41.1. The third kappa shape index (κ3) is 50.2. The van der Waals surface area contributed by atoms with Gasteiger partial charge in [0, 0.05) is 64.1 Å². The minimum absolute atomic E-state index is 0.634. The maximum Gasteiger partial charge on any atom is 0.0829 e. The molecule has 96 heavy (non-hydrogen) atoms. The standard InChI is InChI=1S/C15H29N3.3C13H25N3.2C12H23N3/c1-13(2)8-5-6-11-18-15(12-16-17-18)10-7-9-14(3)4;1-11(2)6-5-9-16-10-13(14-15-16)8-7-12(3)4;1-11(2)7-5-6-8-16-10-13(14-15-16)9-12(3)4;1-11(2)7-5-6-8-16-13(9-12(3)4)10-14-15-16;1-10(2)5-6-12-9-15(14-13-12)8-7-11(3)4;1-10(2)6-5-7-12-9-15(14-13-12)8-11(3)4/h12-14H,5-11H2,1-4H3;3*10-12H,5-9H2,1-4H3;2*9-11H,5-8H2,1-4H3. The first kappa shape index (κ1) is 88.9. The average Bonchev–Trinajstić information content (AvgIpc) is 2.78. The summed E-state index contributed by atoms with van der Waals surface area (Å²) in [5.74, 6) is 8.98.